The Labute approximate surface area is 329 Å². The summed E-state index contributed by atoms with van der Waals surface area (Å²) >= 11 is 0. The van der Waals surface area contributed by atoms with Gasteiger partial charge in [0.15, 0.2) is 6.29 Å². The predicted octanol–water partition coefficient (Wildman–Crippen LogP) is 7.41. The van der Waals surface area contributed by atoms with Crippen LogP contribution in [0.1, 0.15) is 55.6 Å². The van der Waals surface area contributed by atoms with Gasteiger partial charge in [-0.25, -0.2) is 8.42 Å². The summed E-state index contributed by atoms with van der Waals surface area (Å²) in [6.07, 6.45) is 1.25. The van der Waals surface area contributed by atoms with E-state index in [1.54, 1.807) is 11.2 Å². The number of aliphatic hydroxyl groups is 1. The Morgan fingerprint density at radius 1 is 0.839 bits per heavy atom. The maximum Gasteiger partial charge on any atom is 0.213 e. The molecule has 0 aliphatic carbocycles. The number of aromatic amines is 1. The van der Waals surface area contributed by atoms with Crippen LogP contribution in [0.2, 0.25) is 0 Å². The van der Waals surface area contributed by atoms with Crippen LogP contribution in [0.4, 0.5) is 11.4 Å². The number of sulfonamides is 1. The lowest BCUT2D eigenvalue weighted by Gasteiger charge is -2.35. The van der Waals surface area contributed by atoms with Gasteiger partial charge in [-0.1, -0.05) is 54.6 Å². The first-order chi connectivity index (χ1) is 27.3. The maximum atomic E-state index is 12.4. The number of ether oxygens (including phenoxy) is 2. The van der Waals surface area contributed by atoms with Crippen molar-refractivity contribution in [3.8, 4) is 16.9 Å². The van der Waals surface area contributed by atoms with Crippen molar-refractivity contribution in [3.63, 3.8) is 0 Å². The molecule has 2 aliphatic rings. The van der Waals surface area contributed by atoms with E-state index in [1.807, 2.05) is 31.2 Å². The fourth-order valence-corrected chi connectivity index (χ4v) is 9.69. The number of hydrogen-bond donors (Lipinski definition) is 2. The number of piperazine rings is 1. The molecule has 0 spiro atoms. The number of rotatable bonds is 12. The van der Waals surface area contributed by atoms with E-state index in [2.05, 4.69) is 87.1 Å². The minimum Gasteiger partial charge on any atom is -0.493 e. The van der Waals surface area contributed by atoms with Crippen molar-refractivity contribution in [3.05, 3.63) is 108 Å². The van der Waals surface area contributed by atoms with Crippen molar-refractivity contribution in [2.75, 3.05) is 61.5 Å². The summed E-state index contributed by atoms with van der Waals surface area (Å²) in [7, 11) is -3.18. The molecule has 2 aromatic heterocycles. The number of nitrogens with zero attached hydrogens (tertiary/aromatic N) is 5. The smallest absolute Gasteiger partial charge is 0.213 e. The first-order valence-corrected chi connectivity index (χ1v) is 21.5. The zero-order valence-electron chi connectivity index (χ0n) is 32.6. The summed E-state index contributed by atoms with van der Waals surface area (Å²) < 4.78 is 41.0. The lowest BCUT2D eigenvalue weighted by molar-refractivity contribution is -0.103. The molecule has 11 nitrogen and oxygen atoms in total. The van der Waals surface area contributed by atoms with Crippen molar-refractivity contribution >= 4 is 43.1 Å². The Morgan fingerprint density at radius 3 is 2.32 bits per heavy atom. The lowest BCUT2D eigenvalue weighted by atomic mass is 9.97. The topological polar surface area (TPSA) is 116 Å². The first kappa shape index (κ1) is 38.0. The summed E-state index contributed by atoms with van der Waals surface area (Å²) in [6.45, 7) is 11.1. The number of nitrogens with one attached hydrogen (secondary N) is 1. The Balaban J connectivity index is 1.08. The molecule has 4 aromatic carbocycles. The summed E-state index contributed by atoms with van der Waals surface area (Å²) in [6, 6.07) is 29.5. The van der Waals surface area contributed by atoms with E-state index in [9.17, 15) is 13.5 Å². The number of aryl methyl sites for hydroxylation is 3. The van der Waals surface area contributed by atoms with E-state index >= 15 is 0 Å². The number of anilines is 2. The first-order valence-electron chi connectivity index (χ1n) is 19.9. The van der Waals surface area contributed by atoms with E-state index in [-0.39, 0.29) is 5.75 Å². The molecule has 2 aliphatic heterocycles. The second-order valence-corrected chi connectivity index (χ2v) is 17.0. The molecular weight excluding hydrogens is 725 g/mol. The van der Waals surface area contributed by atoms with Crippen molar-refractivity contribution in [2.24, 2.45) is 0 Å². The SMILES string of the molecule is CCOC(O)c1c(CCCOc2cccc3ccccc23)c2cccc3c2n1CCCN(c1ccc(N2CCN(S(=O)(=O)CC)CC2)cc1)Cc1n[nH]c(C)c1-3. The van der Waals surface area contributed by atoms with Gasteiger partial charge in [0.05, 0.1) is 35.8 Å². The van der Waals surface area contributed by atoms with Gasteiger partial charge >= 0.3 is 0 Å². The van der Waals surface area contributed by atoms with Gasteiger partial charge in [-0.15, -0.1) is 0 Å². The predicted molar refractivity (Wildman–Crippen MR) is 224 cm³/mol. The molecule has 6 aromatic rings. The third-order valence-electron chi connectivity index (χ3n) is 11.4. The van der Waals surface area contributed by atoms with Gasteiger partial charge in [-0.3, -0.25) is 5.10 Å². The number of para-hydroxylation sites is 1. The van der Waals surface area contributed by atoms with E-state index in [4.69, 9.17) is 14.6 Å². The van der Waals surface area contributed by atoms with Crippen LogP contribution in [0, 0.1) is 6.92 Å². The number of benzene rings is 4. The number of aliphatic hydroxyl groups excluding tert-OH is 1. The average molecular weight is 777 g/mol. The molecule has 0 radical (unpaired) electrons. The van der Waals surface area contributed by atoms with E-state index in [0.717, 1.165) is 98.4 Å². The highest BCUT2D eigenvalue weighted by Crippen LogP contribution is 2.41. The fourth-order valence-electron chi connectivity index (χ4n) is 8.60. The quantitative estimate of drug-likeness (QED) is 0.0976. The van der Waals surface area contributed by atoms with Crippen LogP contribution in [-0.2, 0) is 34.3 Å². The molecule has 4 heterocycles. The van der Waals surface area contributed by atoms with Gasteiger partial charge in [-0.05, 0) is 81.3 Å². The highest BCUT2D eigenvalue weighted by atomic mass is 32.2. The van der Waals surface area contributed by atoms with Crippen molar-refractivity contribution in [1.82, 2.24) is 19.1 Å². The molecule has 2 N–H and O–H groups in total. The Hall–Kier alpha value is -4.88. The van der Waals surface area contributed by atoms with Crippen LogP contribution in [0.25, 0.3) is 32.8 Å². The standard InChI is InChI=1S/C44H52N6O5S/c1-4-54-44(51)43-37(17-10-29-55-40-18-8-13-32-12-6-7-14-35(32)40)36-15-9-16-38-41-31(3)45-46-39(41)30-48(23-11-24-50(43)42(36)38)34-21-19-33(20-22-34)47-25-27-49(28-26-47)56(52,53)5-2/h6-9,12-16,18-22,44,51H,4-5,10-11,17,23-30H2,1-3H3,(H,45,46). The number of H-pyrrole nitrogens is 1. The lowest BCUT2D eigenvalue weighted by Crippen LogP contribution is -2.49. The molecule has 1 unspecified atom stereocenters. The minimum atomic E-state index is -3.18. The van der Waals surface area contributed by atoms with Crippen LogP contribution >= 0.6 is 0 Å². The summed E-state index contributed by atoms with van der Waals surface area (Å²) in [5, 5.41) is 23.2. The van der Waals surface area contributed by atoms with E-state index < -0.39 is 16.3 Å². The van der Waals surface area contributed by atoms with E-state index in [1.165, 1.54) is 0 Å². The zero-order valence-corrected chi connectivity index (χ0v) is 33.4. The van der Waals surface area contributed by atoms with Crippen LogP contribution in [0.15, 0.2) is 84.9 Å². The van der Waals surface area contributed by atoms with Crippen LogP contribution in [0.5, 0.6) is 5.75 Å². The second kappa shape index (κ2) is 16.3. The summed E-state index contributed by atoms with van der Waals surface area (Å²) in [4.78, 5) is 4.64. The maximum absolute atomic E-state index is 12.4. The Kier molecular flexibility index (Phi) is 11.1. The third-order valence-corrected chi connectivity index (χ3v) is 13.3. The van der Waals surface area contributed by atoms with Gasteiger partial charge < -0.3 is 28.9 Å². The number of aromatic nitrogens is 3. The van der Waals surface area contributed by atoms with Crippen LogP contribution < -0.4 is 14.5 Å². The van der Waals surface area contributed by atoms with Gasteiger partial charge in [0, 0.05) is 84.8 Å². The third kappa shape index (κ3) is 7.38. The summed E-state index contributed by atoms with van der Waals surface area (Å²) in [5.41, 5.74) is 9.33. The molecule has 294 valence electrons. The molecule has 8 rings (SSSR count). The van der Waals surface area contributed by atoms with Gasteiger partial charge in [0.25, 0.3) is 0 Å². The largest absolute Gasteiger partial charge is 0.493 e. The van der Waals surface area contributed by atoms with Crippen molar-refractivity contribution in [2.45, 2.75) is 59.4 Å². The monoisotopic (exact) mass is 776 g/mol. The molecule has 56 heavy (non-hydrogen) atoms. The highest BCUT2D eigenvalue weighted by molar-refractivity contribution is 7.89. The minimum absolute atomic E-state index is 0.133. The van der Waals surface area contributed by atoms with Crippen LogP contribution in [-0.4, -0.2) is 84.3 Å². The van der Waals surface area contributed by atoms with E-state index in [0.29, 0.717) is 52.5 Å². The fraction of sp³-hybridized carbons (Fsp3) is 0.386. The van der Waals surface area contributed by atoms with Gasteiger partial charge in [0.2, 0.25) is 10.0 Å². The van der Waals surface area contributed by atoms with Crippen molar-refractivity contribution in [1.29, 1.82) is 0 Å². The van der Waals surface area contributed by atoms with Crippen LogP contribution in [0.3, 0.4) is 0 Å². The zero-order chi connectivity index (χ0) is 38.8. The molecule has 1 fully saturated rings. The normalized spacial score (nSPS) is 16.0. The van der Waals surface area contributed by atoms with Gasteiger partial charge in [0.1, 0.15) is 5.75 Å². The Bertz CT molecular complexity index is 2410. The molecule has 0 bridgehead atoms. The second-order valence-electron chi connectivity index (χ2n) is 14.7. The number of fused-ring (bicyclic) bond motifs is 3. The van der Waals surface area contributed by atoms with Crippen molar-refractivity contribution < 1.29 is 23.0 Å². The molecule has 1 saturated heterocycles. The highest BCUT2D eigenvalue weighted by Gasteiger charge is 2.29. The van der Waals surface area contributed by atoms with Gasteiger partial charge in [-0.2, -0.15) is 9.40 Å². The molecule has 0 saturated carbocycles. The molecule has 1 atom stereocenters. The average Bonchev–Trinajstić information content (AvgIpc) is 3.75. The molecule has 0 amide bonds. The number of hydrogen-bond acceptors (Lipinski definition) is 8. The Morgan fingerprint density at radius 2 is 1.55 bits per heavy atom. The molecule has 12 heteroatoms. The summed E-state index contributed by atoms with van der Waals surface area (Å²) in [5.74, 6) is 1.01. The molecular formula is C44H52N6O5S.